The molecular weight excluding hydrogens is 342 g/mol. The maximum absolute atomic E-state index is 12.7. The molecule has 140 valence electrons. The third-order valence-corrected chi connectivity index (χ3v) is 4.38. The topological polar surface area (TPSA) is 70.7 Å². The molecular formula is C18H28ClN3O3. The Morgan fingerprint density at radius 1 is 1.40 bits per heavy atom. The zero-order valence-corrected chi connectivity index (χ0v) is 16.1. The minimum atomic E-state index is -0.415. The molecule has 1 fully saturated rings. The molecule has 0 aliphatic carbocycles. The first-order valence-corrected chi connectivity index (χ1v) is 8.38. The highest BCUT2D eigenvalue weighted by atomic mass is 35.5. The number of rotatable bonds is 6. The number of halogens is 1. The molecule has 25 heavy (non-hydrogen) atoms. The fourth-order valence-corrected chi connectivity index (χ4v) is 3.12. The minimum Gasteiger partial charge on any atom is -0.495 e. The Kier molecular flexibility index (Phi) is 8.19. The first kappa shape index (κ1) is 21.3. The fraction of sp³-hybridized carbons (Fsp3) is 0.556. The molecule has 2 amide bonds. The molecule has 1 aliphatic rings. The molecule has 2 rings (SSSR count). The number of methoxy groups -OCH3 is 1. The van der Waals surface area contributed by atoms with E-state index >= 15 is 0 Å². The summed E-state index contributed by atoms with van der Waals surface area (Å²) in [6, 6.07) is 5.22. The maximum Gasteiger partial charge on any atom is 0.247 e. The molecule has 6 nitrogen and oxygen atoms in total. The van der Waals surface area contributed by atoms with Gasteiger partial charge in [0.15, 0.2) is 0 Å². The average molecular weight is 370 g/mol. The predicted octanol–water partition coefficient (Wildman–Crippen LogP) is 2.21. The molecule has 2 unspecified atom stereocenters. The summed E-state index contributed by atoms with van der Waals surface area (Å²) in [5, 5.41) is 5.94. The largest absolute Gasteiger partial charge is 0.495 e. The van der Waals surface area contributed by atoms with Gasteiger partial charge in [-0.2, -0.15) is 0 Å². The Balaban J connectivity index is 0.00000312. The summed E-state index contributed by atoms with van der Waals surface area (Å²) < 4.78 is 5.30. The molecule has 0 spiro atoms. The van der Waals surface area contributed by atoms with E-state index in [0.717, 1.165) is 12.0 Å². The molecule has 2 atom stereocenters. The van der Waals surface area contributed by atoms with Crippen molar-refractivity contribution >= 4 is 29.9 Å². The van der Waals surface area contributed by atoms with E-state index in [9.17, 15) is 9.59 Å². The van der Waals surface area contributed by atoms with E-state index in [2.05, 4.69) is 10.6 Å². The quantitative estimate of drug-likeness (QED) is 0.806. The van der Waals surface area contributed by atoms with Gasteiger partial charge in [0.25, 0.3) is 0 Å². The molecule has 7 heteroatoms. The van der Waals surface area contributed by atoms with Gasteiger partial charge in [-0.1, -0.05) is 13.0 Å². The van der Waals surface area contributed by atoms with Crippen molar-refractivity contribution < 1.29 is 14.3 Å². The van der Waals surface area contributed by atoms with Crippen LogP contribution < -0.4 is 15.4 Å². The van der Waals surface area contributed by atoms with Crippen molar-refractivity contribution in [1.29, 1.82) is 0 Å². The molecule has 1 aromatic carbocycles. The van der Waals surface area contributed by atoms with Crippen molar-refractivity contribution in [3.05, 3.63) is 23.8 Å². The van der Waals surface area contributed by atoms with Crippen LogP contribution >= 0.6 is 12.4 Å². The second-order valence-electron chi connectivity index (χ2n) is 6.34. The van der Waals surface area contributed by atoms with Gasteiger partial charge in [-0.25, -0.2) is 0 Å². The van der Waals surface area contributed by atoms with Crippen molar-refractivity contribution in [3.8, 4) is 5.75 Å². The summed E-state index contributed by atoms with van der Waals surface area (Å²) in [6.07, 6.45) is 1.54. The number of carbonyl (C=O) groups excluding carboxylic acids is 2. The SMILES string of the molecule is CNCC(C)C(=O)N1CCCC1C(=O)Nc1cc(C)ccc1OC.Cl. The minimum absolute atomic E-state index is 0. The Morgan fingerprint density at radius 3 is 2.76 bits per heavy atom. The average Bonchev–Trinajstić information content (AvgIpc) is 3.04. The van der Waals surface area contributed by atoms with Gasteiger partial charge in [-0.15, -0.1) is 12.4 Å². The molecule has 1 heterocycles. The third kappa shape index (κ3) is 5.09. The lowest BCUT2D eigenvalue weighted by Crippen LogP contribution is -2.46. The van der Waals surface area contributed by atoms with Crippen LogP contribution in [0.2, 0.25) is 0 Å². The lowest BCUT2D eigenvalue weighted by molar-refractivity contribution is -0.139. The molecule has 1 saturated heterocycles. The highest BCUT2D eigenvalue weighted by molar-refractivity contribution is 5.98. The van der Waals surface area contributed by atoms with E-state index < -0.39 is 6.04 Å². The van der Waals surface area contributed by atoms with Gasteiger partial charge in [-0.05, 0) is 44.5 Å². The fourth-order valence-electron chi connectivity index (χ4n) is 3.12. The van der Waals surface area contributed by atoms with Crippen LogP contribution in [0.1, 0.15) is 25.3 Å². The number of ether oxygens (including phenoxy) is 1. The van der Waals surface area contributed by atoms with Crippen molar-refractivity contribution in [2.24, 2.45) is 5.92 Å². The summed E-state index contributed by atoms with van der Waals surface area (Å²) in [4.78, 5) is 27.0. The normalized spacial score (nSPS) is 17.6. The van der Waals surface area contributed by atoms with Crippen LogP contribution in [-0.4, -0.2) is 50.0 Å². The number of amides is 2. The maximum atomic E-state index is 12.7. The van der Waals surface area contributed by atoms with Gasteiger partial charge in [0.05, 0.1) is 12.8 Å². The number of anilines is 1. The van der Waals surface area contributed by atoms with Gasteiger partial charge in [0, 0.05) is 19.0 Å². The molecule has 1 aliphatic heterocycles. The summed E-state index contributed by atoms with van der Waals surface area (Å²) in [5.41, 5.74) is 1.68. The summed E-state index contributed by atoms with van der Waals surface area (Å²) in [7, 11) is 3.40. The van der Waals surface area contributed by atoms with Crippen molar-refractivity contribution in [2.45, 2.75) is 32.7 Å². The number of benzene rings is 1. The van der Waals surface area contributed by atoms with E-state index in [4.69, 9.17) is 4.74 Å². The van der Waals surface area contributed by atoms with E-state index in [0.29, 0.717) is 30.9 Å². The first-order chi connectivity index (χ1) is 11.5. The molecule has 0 bridgehead atoms. The van der Waals surface area contributed by atoms with Crippen LogP contribution in [0.5, 0.6) is 5.75 Å². The standard InChI is InChI=1S/C18H27N3O3.ClH/c1-12-7-8-16(24-4)14(10-12)20-17(22)15-6-5-9-21(15)18(23)13(2)11-19-3;/h7-8,10,13,15,19H,5-6,9,11H2,1-4H3,(H,20,22);1H. The Morgan fingerprint density at radius 2 is 2.12 bits per heavy atom. The van der Waals surface area contributed by atoms with Gasteiger partial charge in [-0.3, -0.25) is 9.59 Å². The number of hydrogen-bond acceptors (Lipinski definition) is 4. The Bertz CT molecular complexity index is 609. The second kappa shape index (κ2) is 9.63. The molecule has 1 aromatic rings. The number of aryl methyl sites for hydroxylation is 1. The Hall–Kier alpha value is -1.79. The number of likely N-dealkylation sites (tertiary alicyclic amines) is 1. The highest BCUT2D eigenvalue weighted by Gasteiger charge is 2.35. The van der Waals surface area contributed by atoms with Crippen LogP contribution in [0.25, 0.3) is 0 Å². The van der Waals surface area contributed by atoms with Crippen molar-refractivity contribution in [1.82, 2.24) is 10.2 Å². The van der Waals surface area contributed by atoms with E-state index in [1.165, 1.54) is 0 Å². The van der Waals surface area contributed by atoms with Crippen LogP contribution in [0.4, 0.5) is 5.69 Å². The van der Waals surface area contributed by atoms with E-state index in [-0.39, 0.29) is 30.1 Å². The molecule has 0 saturated carbocycles. The highest BCUT2D eigenvalue weighted by Crippen LogP contribution is 2.27. The molecule has 2 N–H and O–H groups in total. The van der Waals surface area contributed by atoms with Crippen LogP contribution in [0.3, 0.4) is 0 Å². The molecule has 0 aromatic heterocycles. The van der Waals surface area contributed by atoms with Gasteiger partial charge < -0.3 is 20.3 Å². The number of nitrogens with one attached hydrogen (secondary N) is 2. The molecule has 0 radical (unpaired) electrons. The van der Waals surface area contributed by atoms with Gasteiger partial charge in [0.1, 0.15) is 11.8 Å². The zero-order valence-electron chi connectivity index (χ0n) is 15.3. The lowest BCUT2D eigenvalue weighted by Gasteiger charge is -2.27. The third-order valence-electron chi connectivity index (χ3n) is 4.38. The monoisotopic (exact) mass is 369 g/mol. The van der Waals surface area contributed by atoms with Gasteiger partial charge in [0.2, 0.25) is 11.8 Å². The number of nitrogens with zero attached hydrogens (tertiary/aromatic N) is 1. The second-order valence-corrected chi connectivity index (χ2v) is 6.34. The van der Waals surface area contributed by atoms with Crippen LogP contribution in [-0.2, 0) is 9.59 Å². The predicted molar refractivity (Wildman–Crippen MR) is 101 cm³/mol. The number of carbonyl (C=O) groups is 2. The number of hydrogen-bond donors (Lipinski definition) is 2. The van der Waals surface area contributed by atoms with E-state index in [1.54, 1.807) is 12.0 Å². The Labute approximate surface area is 155 Å². The van der Waals surface area contributed by atoms with Crippen molar-refractivity contribution in [3.63, 3.8) is 0 Å². The van der Waals surface area contributed by atoms with Gasteiger partial charge >= 0.3 is 0 Å². The smallest absolute Gasteiger partial charge is 0.247 e. The lowest BCUT2D eigenvalue weighted by atomic mass is 10.1. The van der Waals surface area contributed by atoms with E-state index in [1.807, 2.05) is 39.1 Å². The van der Waals surface area contributed by atoms with Crippen LogP contribution in [0, 0.1) is 12.8 Å². The first-order valence-electron chi connectivity index (χ1n) is 8.38. The van der Waals surface area contributed by atoms with Crippen molar-refractivity contribution in [2.75, 3.05) is 32.6 Å². The van der Waals surface area contributed by atoms with Crippen LogP contribution in [0.15, 0.2) is 18.2 Å². The zero-order chi connectivity index (χ0) is 17.7. The summed E-state index contributed by atoms with van der Waals surface area (Å²) in [5.74, 6) is 0.352. The summed E-state index contributed by atoms with van der Waals surface area (Å²) >= 11 is 0. The summed E-state index contributed by atoms with van der Waals surface area (Å²) in [6.45, 7) is 5.08.